The monoisotopic (exact) mass is 459 g/mol. The number of rotatable bonds is 9. The fourth-order valence-electron chi connectivity index (χ4n) is 5.13. The SMILES string of the molecule is CCCC(C)N1CCN(C/C=C/c2ccc(Cn3c(CC)nc4c(C)cc(C)nc43)cc2)CC1. The Morgan fingerprint density at radius 3 is 2.41 bits per heavy atom. The Balaban J connectivity index is 1.35. The summed E-state index contributed by atoms with van der Waals surface area (Å²) in [6.07, 6.45) is 8.06. The molecule has 1 saturated heterocycles. The normalized spacial score (nSPS) is 16.6. The van der Waals surface area contributed by atoms with Crippen LogP contribution in [0.5, 0.6) is 0 Å². The molecule has 1 fully saturated rings. The number of aryl methyl sites for hydroxylation is 3. The van der Waals surface area contributed by atoms with Gasteiger partial charge in [0.1, 0.15) is 11.3 Å². The molecule has 0 saturated carbocycles. The maximum atomic E-state index is 4.88. The van der Waals surface area contributed by atoms with Crippen LogP contribution in [0.3, 0.4) is 0 Å². The maximum absolute atomic E-state index is 4.88. The first-order chi connectivity index (χ1) is 16.5. The van der Waals surface area contributed by atoms with Crippen molar-refractivity contribution in [2.45, 2.75) is 66.5 Å². The van der Waals surface area contributed by atoms with Gasteiger partial charge in [-0.25, -0.2) is 9.97 Å². The van der Waals surface area contributed by atoms with Crippen LogP contribution in [0.4, 0.5) is 0 Å². The molecule has 4 rings (SSSR count). The van der Waals surface area contributed by atoms with Crippen molar-refractivity contribution in [3.8, 4) is 0 Å². The first kappa shape index (κ1) is 24.6. The minimum absolute atomic E-state index is 0.721. The fraction of sp³-hybridized carbons (Fsp3) is 0.517. The lowest BCUT2D eigenvalue weighted by Gasteiger charge is -2.37. The molecule has 182 valence electrons. The number of fused-ring (bicyclic) bond motifs is 1. The molecule has 0 spiro atoms. The molecule has 1 atom stereocenters. The smallest absolute Gasteiger partial charge is 0.160 e. The molecule has 3 aromatic rings. The van der Waals surface area contributed by atoms with E-state index in [1.165, 1.54) is 55.7 Å². The molecule has 5 nitrogen and oxygen atoms in total. The van der Waals surface area contributed by atoms with Crippen LogP contribution in [0.2, 0.25) is 0 Å². The number of hydrogen-bond donors (Lipinski definition) is 0. The van der Waals surface area contributed by atoms with Gasteiger partial charge in [0.25, 0.3) is 0 Å². The summed E-state index contributed by atoms with van der Waals surface area (Å²) in [6, 6.07) is 11.8. The van der Waals surface area contributed by atoms with Crippen molar-refractivity contribution in [3.63, 3.8) is 0 Å². The third-order valence-electron chi connectivity index (χ3n) is 7.15. The number of benzene rings is 1. The second kappa shape index (κ2) is 11.3. The zero-order chi connectivity index (χ0) is 24.1. The summed E-state index contributed by atoms with van der Waals surface area (Å²) in [5.41, 5.74) is 6.82. The van der Waals surface area contributed by atoms with Crippen molar-refractivity contribution in [1.29, 1.82) is 0 Å². The molecule has 1 aliphatic heterocycles. The summed E-state index contributed by atoms with van der Waals surface area (Å²) in [6.45, 7) is 17.6. The minimum Gasteiger partial charge on any atom is -0.308 e. The summed E-state index contributed by atoms with van der Waals surface area (Å²) < 4.78 is 2.28. The van der Waals surface area contributed by atoms with Gasteiger partial charge in [0.05, 0.1) is 6.54 Å². The summed E-state index contributed by atoms with van der Waals surface area (Å²) in [4.78, 5) is 14.9. The number of aromatic nitrogens is 3. The lowest BCUT2D eigenvalue weighted by molar-refractivity contribution is 0.106. The van der Waals surface area contributed by atoms with E-state index in [4.69, 9.17) is 9.97 Å². The maximum Gasteiger partial charge on any atom is 0.160 e. The minimum atomic E-state index is 0.721. The van der Waals surface area contributed by atoms with Gasteiger partial charge in [0.2, 0.25) is 0 Å². The van der Waals surface area contributed by atoms with E-state index in [2.05, 4.69) is 91.5 Å². The van der Waals surface area contributed by atoms with E-state index in [0.717, 1.165) is 48.2 Å². The first-order valence-corrected chi connectivity index (χ1v) is 13.0. The molecule has 34 heavy (non-hydrogen) atoms. The quantitative estimate of drug-likeness (QED) is 0.425. The molecule has 1 aromatic carbocycles. The summed E-state index contributed by atoms with van der Waals surface area (Å²) in [5, 5.41) is 0. The van der Waals surface area contributed by atoms with E-state index < -0.39 is 0 Å². The number of pyridine rings is 1. The van der Waals surface area contributed by atoms with Crippen LogP contribution in [-0.4, -0.2) is 63.1 Å². The Hall–Kier alpha value is -2.50. The number of hydrogen-bond acceptors (Lipinski definition) is 4. The Kier molecular flexibility index (Phi) is 8.17. The number of imidazole rings is 1. The summed E-state index contributed by atoms with van der Waals surface area (Å²) in [5.74, 6) is 1.10. The van der Waals surface area contributed by atoms with Gasteiger partial charge in [0.15, 0.2) is 5.65 Å². The molecule has 1 aliphatic rings. The standard InChI is InChI=1S/C29H41N5/c1-6-9-24(5)33-18-16-32(17-19-33)15-8-10-25-11-13-26(14-12-25)21-34-27(7-2)31-28-22(3)20-23(4)30-29(28)34/h8,10-14,20,24H,6-7,9,15-19,21H2,1-5H3/b10-8+. The highest BCUT2D eigenvalue weighted by atomic mass is 15.3. The van der Waals surface area contributed by atoms with Crippen LogP contribution in [0, 0.1) is 13.8 Å². The van der Waals surface area contributed by atoms with Crippen LogP contribution in [0.1, 0.15) is 61.8 Å². The van der Waals surface area contributed by atoms with E-state index >= 15 is 0 Å². The van der Waals surface area contributed by atoms with Gasteiger partial charge in [0, 0.05) is 50.9 Å². The van der Waals surface area contributed by atoms with Crippen LogP contribution >= 0.6 is 0 Å². The van der Waals surface area contributed by atoms with E-state index in [1.54, 1.807) is 0 Å². The molecule has 0 bridgehead atoms. The third-order valence-corrected chi connectivity index (χ3v) is 7.15. The average molecular weight is 460 g/mol. The predicted octanol–water partition coefficient (Wildman–Crippen LogP) is 5.48. The van der Waals surface area contributed by atoms with Crippen LogP contribution < -0.4 is 0 Å². The average Bonchev–Trinajstić information content (AvgIpc) is 3.18. The highest BCUT2D eigenvalue weighted by Crippen LogP contribution is 2.21. The third kappa shape index (κ3) is 5.76. The predicted molar refractivity (Wildman–Crippen MR) is 143 cm³/mol. The fourth-order valence-corrected chi connectivity index (χ4v) is 5.13. The molecule has 0 N–H and O–H groups in total. The van der Waals surface area contributed by atoms with Gasteiger partial charge in [-0.1, -0.05) is 56.7 Å². The zero-order valence-electron chi connectivity index (χ0n) is 21.7. The highest BCUT2D eigenvalue weighted by Gasteiger charge is 2.19. The summed E-state index contributed by atoms with van der Waals surface area (Å²) in [7, 11) is 0. The van der Waals surface area contributed by atoms with Crippen LogP contribution in [0.25, 0.3) is 17.2 Å². The Bertz CT molecular complexity index is 1100. The van der Waals surface area contributed by atoms with E-state index in [-0.39, 0.29) is 0 Å². The van der Waals surface area contributed by atoms with Crippen molar-refractivity contribution in [3.05, 3.63) is 64.6 Å². The van der Waals surface area contributed by atoms with Gasteiger partial charge in [-0.3, -0.25) is 9.80 Å². The topological polar surface area (TPSA) is 37.2 Å². The van der Waals surface area contributed by atoms with E-state index in [9.17, 15) is 0 Å². The molecule has 0 amide bonds. The molecule has 3 heterocycles. The second-order valence-electron chi connectivity index (χ2n) is 9.84. The zero-order valence-corrected chi connectivity index (χ0v) is 21.7. The van der Waals surface area contributed by atoms with Crippen molar-refractivity contribution in [1.82, 2.24) is 24.3 Å². The van der Waals surface area contributed by atoms with Gasteiger partial charge in [-0.2, -0.15) is 0 Å². The summed E-state index contributed by atoms with van der Waals surface area (Å²) >= 11 is 0. The van der Waals surface area contributed by atoms with Crippen molar-refractivity contribution < 1.29 is 0 Å². The largest absolute Gasteiger partial charge is 0.308 e. The molecular weight excluding hydrogens is 418 g/mol. The van der Waals surface area contributed by atoms with Crippen molar-refractivity contribution >= 4 is 17.2 Å². The van der Waals surface area contributed by atoms with E-state index in [0.29, 0.717) is 0 Å². The molecule has 2 aromatic heterocycles. The Morgan fingerprint density at radius 1 is 1.00 bits per heavy atom. The van der Waals surface area contributed by atoms with Crippen molar-refractivity contribution in [2.24, 2.45) is 0 Å². The van der Waals surface area contributed by atoms with E-state index in [1.807, 2.05) is 0 Å². The highest BCUT2D eigenvalue weighted by molar-refractivity contribution is 5.76. The molecule has 0 radical (unpaired) electrons. The molecule has 1 unspecified atom stereocenters. The second-order valence-corrected chi connectivity index (χ2v) is 9.84. The van der Waals surface area contributed by atoms with Gasteiger partial charge >= 0.3 is 0 Å². The lowest BCUT2D eigenvalue weighted by atomic mass is 10.1. The van der Waals surface area contributed by atoms with Gasteiger partial charge in [-0.05, 0) is 49.9 Å². The number of nitrogens with zero attached hydrogens (tertiary/aromatic N) is 5. The van der Waals surface area contributed by atoms with Gasteiger partial charge in [-0.15, -0.1) is 0 Å². The van der Waals surface area contributed by atoms with Gasteiger partial charge < -0.3 is 4.57 Å². The van der Waals surface area contributed by atoms with Crippen LogP contribution in [0.15, 0.2) is 36.4 Å². The first-order valence-electron chi connectivity index (χ1n) is 13.0. The lowest BCUT2D eigenvalue weighted by Crippen LogP contribution is -2.49. The molecule has 0 aliphatic carbocycles. The Morgan fingerprint density at radius 2 is 1.74 bits per heavy atom. The number of piperazine rings is 1. The molecule has 5 heteroatoms. The van der Waals surface area contributed by atoms with Crippen LogP contribution in [-0.2, 0) is 13.0 Å². The van der Waals surface area contributed by atoms with Crippen molar-refractivity contribution in [2.75, 3.05) is 32.7 Å². The molecular formula is C29H41N5. The Labute approximate surface area is 205 Å².